The standard InChI is InChI=1S/C18H20IN5O/c1-23-11-20-22-15(23)10-12-6-8-24(9-7-12)18(25)17-16(19)13-4-2-3-5-14(13)21-17/h2-5,11-12,21H,6-10H2,1H3. The van der Waals surface area contributed by atoms with Crippen molar-refractivity contribution in [2.75, 3.05) is 13.1 Å². The third-order valence-corrected chi connectivity index (χ3v) is 6.16. The number of aromatic nitrogens is 4. The van der Waals surface area contributed by atoms with E-state index < -0.39 is 0 Å². The maximum absolute atomic E-state index is 12.9. The topological polar surface area (TPSA) is 66.8 Å². The zero-order valence-corrected chi connectivity index (χ0v) is 16.2. The Morgan fingerprint density at radius 1 is 1.32 bits per heavy atom. The highest BCUT2D eigenvalue weighted by Gasteiger charge is 2.27. The molecular formula is C18H20IN5O. The lowest BCUT2D eigenvalue weighted by atomic mass is 9.93. The van der Waals surface area contributed by atoms with E-state index in [1.165, 1.54) is 0 Å². The number of rotatable bonds is 3. The first-order chi connectivity index (χ1) is 12.1. The van der Waals surface area contributed by atoms with Crippen LogP contribution in [0.1, 0.15) is 29.2 Å². The molecule has 0 spiro atoms. The number of carbonyl (C=O) groups excluding carboxylic acids is 1. The fourth-order valence-electron chi connectivity index (χ4n) is 3.50. The quantitative estimate of drug-likeness (QED) is 0.626. The van der Waals surface area contributed by atoms with Crippen molar-refractivity contribution < 1.29 is 4.79 Å². The largest absolute Gasteiger partial charge is 0.350 e. The summed E-state index contributed by atoms with van der Waals surface area (Å²) in [4.78, 5) is 18.2. The highest BCUT2D eigenvalue weighted by molar-refractivity contribution is 14.1. The number of aromatic amines is 1. The predicted octanol–water partition coefficient (Wildman–Crippen LogP) is 3.00. The molecule has 1 N–H and O–H groups in total. The Hall–Kier alpha value is -1.90. The van der Waals surface area contributed by atoms with Crippen LogP contribution in [0.15, 0.2) is 30.6 Å². The summed E-state index contributed by atoms with van der Waals surface area (Å²) >= 11 is 2.27. The van der Waals surface area contributed by atoms with Crippen molar-refractivity contribution in [1.29, 1.82) is 0 Å². The molecule has 1 aromatic carbocycles. The van der Waals surface area contributed by atoms with Crippen molar-refractivity contribution in [3.05, 3.63) is 45.7 Å². The molecule has 3 heterocycles. The van der Waals surface area contributed by atoms with E-state index in [0.29, 0.717) is 11.6 Å². The van der Waals surface area contributed by atoms with E-state index >= 15 is 0 Å². The molecular weight excluding hydrogens is 429 g/mol. The summed E-state index contributed by atoms with van der Waals surface area (Å²) in [6.45, 7) is 1.60. The fraction of sp³-hybridized carbons (Fsp3) is 0.389. The van der Waals surface area contributed by atoms with Gasteiger partial charge in [0.15, 0.2) is 0 Å². The van der Waals surface area contributed by atoms with Crippen molar-refractivity contribution in [1.82, 2.24) is 24.6 Å². The summed E-state index contributed by atoms with van der Waals surface area (Å²) in [5, 5.41) is 9.23. The molecule has 3 aromatic rings. The number of H-pyrrole nitrogens is 1. The van der Waals surface area contributed by atoms with Gasteiger partial charge in [0, 0.05) is 37.5 Å². The van der Waals surface area contributed by atoms with Crippen LogP contribution < -0.4 is 0 Å². The summed E-state index contributed by atoms with van der Waals surface area (Å²) in [6, 6.07) is 8.06. The molecule has 1 fully saturated rings. The van der Waals surface area contributed by atoms with Gasteiger partial charge >= 0.3 is 0 Å². The van der Waals surface area contributed by atoms with Crippen LogP contribution >= 0.6 is 22.6 Å². The molecule has 4 rings (SSSR count). The summed E-state index contributed by atoms with van der Waals surface area (Å²) in [5.74, 6) is 1.70. The number of para-hydroxylation sites is 1. The molecule has 0 aliphatic carbocycles. The number of nitrogens with zero attached hydrogens (tertiary/aromatic N) is 4. The smallest absolute Gasteiger partial charge is 0.271 e. The Bertz CT molecular complexity index is 907. The normalized spacial score (nSPS) is 15.8. The van der Waals surface area contributed by atoms with E-state index in [1.807, 2.05) is 34.7 Å². The fourth-order valence-corrected chi connectivity index (χ4v) is 4.34. The number of fused-ring (bicyclic) bond motifs is 1. The summed E-state index contributed by atoms with van der Waals surface area (Å²) in [6.07, 6.45) is 4.69. The van der Waals surface area contributed by atoms with Crippen LogP contribution in [-0.2, 0) is 13.5 Å². The number of piperidine rings is 1. The van der Waals surface area contributed by atoms with E-state index in [1.54, 1.807) is 6.33 Å². The third kappa shape index (κ3) is 3.17. The molecule has 0 saturated carbocycles. The van der Waals surface area contributed by atoms with Crippen LogP contribution in [0.5, 0.6) is 0 Å². The summed E-state index contributed by atoms with van der Waals surface area (Å²) < 4.78 is 2.99. The maximum atomic E-state index is 12.9. The van der Waals surface area contributed by atoms with Gasteiger partial charge in [0.05, 0.1) is 3.57 Å². The number of likely N-dealkylation sites (tertiary alicyclic amines) is 1. The predicted molar refractivity (Wildman–Crippen MR) is 104 cm³/mol. The van der Waals surface area contributed by atoms with E-state index in [9.17, 15) is 4.79 Å². The van der Waals surface area contributed by atoms with Crippen LogP contribution in [0.3, 0.4) is 0 Å². The van der Waals surface area contributed by atoms with Gasteiger partial charge in [-0.2, -0.15) is 0 Å². The molecule has 0 bridgehead atoms. The second-order valence-electron chi connectivity index (χ2n) is 6.66. The molecule has 0 atom stereocenters. The van der Waals surface area contributed by atoms with Crippen LogP contribution in [0.4, 0.5) is 0 Å². The van der Waals surface area contributed by atoms with Gasteiger partial charge in [-0.3, -0.25) is 4.79 Å². The highest BCUT2D eigenvalue weighted by Crippen LogP contribution is 2.27. The van der Waals surface area contributed by atoms with Gasteiger partial charge in [0.2, 0.25) is 0 Å². The van der Waals surface area contributed by atoms with Crippen molar-refractivity contribution >= 4 is 39.4 Å². The Balaban J connectivity index is 1.44. The summed E-state index contributed by atoms with van der Waals surface area (Å²) in [5.41, 5.74) is 1.74. The zero-order valence-electron chi connectivity index (χ0n) is 14.1. The third-order valence-electron chi connectivity index (χ3n) is 5.03. The van der Waals surface area contributed by atoms with Crippen LogP contribution in [-0.4, -0.2) is 43.6 Å². The molecule has 2 aromatic heterocycles. The van der Waals surface area contributed by atoms with Gasteiger partial charge in [-0.15, -0.1) is 10.2 Å². The second kappa shape index (κ2) is 6.78. The van der Waals surface area contributed by atoms with Gasteiger partial charge in [0.1, 0.15) is 17.8 Å². The van der Waals surface area contributed by atoms with E-state index in [-0.39, 0.29) is 5.91 Å². The molecule has 0 radical (unpaired) electrons. The van der Waals surface area contributed by atoms with Crippen LogP contribution in [0.2, 0.25) is 0 Å². The molecule has 0 unspecified atom stereocenters. The number of carbonyl (C=O) groups is 1. The molecule has 1 amide bonds. The Kier molecular flexibility index (Phi) is 4.49. The van der Waals surface area contributed by atoms with Crippen molar-refractivity contribution in [2.24, 2.45) is 13.0 Å². The number of hydrogen-bond acceptors (Lipinski definition) is 3. The van der Waals surface area contributed by atoms with Crippen LogP contribution in [0.25, 0.3) is 10.9 Å². The lowest BCUT2D eigenvalue weighted by Crippen LogP contribution is -2.39. The number of halogens is 1. The van der Waals surface area contributed by atoms with Crippen molar-refractivity contribution in [3.8, 4) is 0 Å². The van der Waals surface area contributed by atoms with E-state index in [2.05, 4.69) is 43.8 Å². The molecule has 1 aliphatic heterocycles. The molecule has 1 aliphatic rings. The number of aryl methyl sites for hydroxylation is 1. The molecule has 7 heteroatoms. The number of hydrogen-bond donors (Lipinski definition) is 1. The first kappa shape index (κ1) is 16.6. The maximum Gasteiger partial charge on any atom is 0.271 e. The first-order valence-corrected chi connectivity index (χ1v) is 9.59. The highest BCUT2D eigenvalue weighted by atomic mass is 127. The number of benzene rings is 1. The van der Waals surface area contributed by atoms with Crippen molar-refractivity contribution in [2.45, 2.75) is 19.3 Å². The van der Waals surface area contributed by atoms with E-state index in [4.69, 9.17) is 0 Å². The van der Waals surface area contributed by atoms with Gasteiger partial charge in [-0.1, -0.05) is 18.2 Å². The average molecular weight is 449 g/mol. The van der Waals surface area contributed by atoms with Crippen LogP contribution in [0, 0.1) is 9.49 Å². The molecule has 25 heavy (non-hydrogen) atoms. The number of nitrogens with one attached hydrogen (secondary N) is 1. The summed E-state index contributed by atoms with van der Waals surface area (Å²) in [7, 11) is 1.98. The molecule has 6 nitrogen and oxygen atoms in total. The number of amides is 1. The minimum atomic E-state index is 0.109. The second-order valence-corrected chi connectivity index (χ2v) is 7.74. The minimum Gasteiger partial charge on any atom is -0.350 e. The zero-order chi connectivity index (χ0) is 17.4. The van der Waals surface area contributed by atoms with Gasteiger partial charge in [-0.05, 0) is 47.4 Å². The average Bonchev–Trinajstić information content (AvgIpc) is 3.19. The van der Waals surface area contributed by atoms with Crippen molar-refractivity contribution in [3.63, 3.8) is 0 Å². The Labute approximate surface area is 159 Å². The monoisotopic (exact) mass is 449 g/mol. The molecule has 1 saturated heterocycles. The Morgan fingerprint density at radius 2 is 2.08 bits per heavy atom. The molecule has 130 valence electrons. The van der Waals surface area contributed by atoms with Gasteiger partial charge < -0.3 is 14.5 Å². The lowest BCUT2D eigenvalue weighted by Gasteiger charge is -2.31. The lowest BCUT2D eigenvalue weighted by molar-refractivity contribution is 0.0683. The van der Waals surface area contributed by atoms with Gasteiger partial charge in [-0.25, -0.2) is 0 Å². The SMILES string of the molecule is Cn1cnnc1CC1CCN(C(=O)c2[nH]c3ccccc3c2I)CC1. The first-order valence-electron chi connectivity index (χ1n) is 8.52. The Morgan fingerprint density at radius 3 is 2.76 bits per heavy atom. The minimum absolute atomic E-state index is 0.109. The van der Waals surface area contributed by atoms with Gasteiger partial charge in [0.25, 0.3) is 5.91 Å². The van der Waals surface area contributed by atoms with E-state index in [0.717, 1.165) is 52.6 Å².